The van der Waals surface area contributed by atoms with Gasteiger partial charge in [0.1, 0.15) is 5.75 Å². The molecule has 1 saturated heterocycles. The molecule has 1 N–H and O–H groups in total. The number of aromatic nitrogens is 2. The summed E-state index contributed by atoms with van der Waals surface area (Å²) in [6.07, 6.45) is 0.883. The quantitative estimate of drug-likeness (QED) is 0.852. The zero-order chi connectivity index (χ0) is 18.5. The van der Waals surface area contributed by atoms with Crippen molar-refractivity contribution < 1.29 is 14.4 Å². The van der Waals surface area contributed by atoms with Crippen LogP contribution < -0.4 is 0 Å². The van der Waals surface area contributed by atoms with Gasteiger partial charge in [-0.1, -0.05) is 31.1 Å². The molecule has 140 valence electrons. The van der Waals surface area contributed by atoms with E-state index < -0.39 is 0 Å². The Bertz CT molecular complexity index is 736. The van der Waals surface area contributed by atoms with Gasteiger partial charge in [-0.3, -0.25) is 9.69 Å². The molecule has 0 spiro atoms. The molecule has 1 aromatic carbocycles. The lowest BCUT2D eigenvalue weighted by Gasteiger charge is -2.34. The third-order valence-electron chi connectivity index (χ3n) is 4.59. The van der Waals surface area contributed by atoms with Gasteiger partial charge in [0, 0.05) is 51.5 Å². The molecule has 7 heteroatoms. The molecular weight excluding hydrogens is 332 g/mol. The first-order valence-electron chi connectivity index (χ1n) is 9.12. The molecule has 26 heavy (non-hydrogen) atoms. The van der Waals surface area contributed by atoms with Crippen LogP contribution in [0.5, 0.6) is 5.75 Å². The summed E-state index contributed by atoms with van der Waals surface area (Å²) in [5.41, 5.74) is 1.09. The second-order valence-electron chi connectivity index (χ2n) is 7.03. The molecule has 2 aromatic rings. The van der Waals surface area contributed by atoms with E-state index in [9.17, 15) is 9.90 Å². The molecule has 1 aliphatic heterocycles. The minimum atomic E-state index is 0.131. The Hall–Kier alpha value is -2.41. The average Bonchev–Trinajstić information content (AvgIpc) is 3.10. The zero-order valence-corrected chi connectivity index (χ0v) is 15.4. The van der Waals surface area contributed by atoms with Crippen LogP contribution >= 0.6 is 0 Å². The Kier molecular flexibility index (Phi) is 5.88. The summed E-state index contributed by atoms with van der Waals surface area (Å²) in [6, 6.07) is 7.32. The fourth-order valence-electron chi connectivity index (χ4n) is 3.04. The number of amides is 1. The van der Waals surface area contributed by atoms with Crippen LogP contribution in [-0.4, -0.2) is 57.1 Å². The van der Waals surface area contributed by atoms with Crippen LogP contribution in [0.3, 0.4) is 0 Å². The Labute approximate surface area is 153 Å². The molecule has 3 rings (SSSR count). The number of rotatable bonds is 6. The fraction of sp³-hybridized carbons (Fsp3) is 0.526. The molecule has 0 radical (unpaired) electrons. The highest BCUT2D eigenvalue weighted by Crippen LogP contribution is 2.15. The second kappa shape index (κ2) is 8.31. The molecule has 7 nitrogen and oxygen atoms in total. The van der Waals surface area contributed by atoms with Gasteiger partial charge < -0.3 is 14.5 Å². The minimum Gasteiger partial charge on any atom is -0.508 e. The normalized spacial score (nSPS) is 15.6. The Morgan fingerprint density at radius 3 is 2.69 bits per heavy atom. The van der Waals surface area contributed by atoms with E-state index in [1.54, 1.807) is 12.1 Å². The van der Waals surface area contributed by atoms with Gasteiger partial charge in [0.2, 0.25) is 11.8 Å². The topological polar surface area (TPSA) is 82.7 Å². The van der Waals surface area contributed by atoms with Crippen molar-refractivity contribution >= 4 is 5.91 Å². The van der Waals surface area contributed by atoms with E-state index in [1.165, 1.54) is 0 Å². The number of aromatic hydroxyl groups is 1. The Morgan fingerprint density at radius 2 is 2.04 bits per heavy atom. The highest BCUT2D eigenvalue weighted by molar-refractivity contribution is 5.76. The molecule has 1 aliphatic rings. The Balaban J connectivity index is 1.43. The van der Waals surface area contributed by atoms with Crippen molar-refractivity contribution in [1.82, 2.24) is 19.9 Å². The van der Waals surface area contributed by atoms with Crippen LogP contribution in [0.2, 0.25) is 0 Å². The third-order valence-corrected chi connectivity index (χ3v) is 4.59. The number of benzene rings is 1. The van der Waals surface area contributed by atoms with Gasteiger partial charge in [-0.2, -0.15) is 4.98 Å². The molecule has 0 atom stereocenters. The molecule has 0 bridgehead atoms. The first-order valence-corrected chi connectivity index (χ1v) is 9.12. The van der Waals surface area contributed by atoms with Gasteiger partial charge in [0.25, 0.3) is 0 Å². The van der Waals surface area contributed by atoms with Crippen molar-refractivity contribution in [2.45, 2.75) is 39.2 Å². The van der Waals surface area contributed by atoms with Crippen molar-refractivity contribution in [3.63, 3.8) is 0 Å². The van der Waals surface area contributed by atoms with E-state index in [0.29, 0.717) is 24.6 Å². The van der Waals surface area contributed by atoms with Gasteiger partial charge in [0.05, 0.1) is 0 Å². The summed E-state index contributed by atoms with van der Waals surface area (Å²) >= 11 is 0. The predicted octanol–water partition coefficient (Wildman–Crippen LogP) is 2.18. The van der Waals surface area contributed by atoms with E-state index in [2.05, 4.69) is 15.0 Å². The standard InChI is InChI=1S/C19H26N4O3/c1-14(2)19-20-17(26-21-19)6-7-18(25)23-10-8-22(9-11-23)13-15-4-3-5-16(24)12-15/h3-5,12,14,24H,6-11,13H2,1-2H3. The molecule has 0 aliphatic carbocycles. The van der Waals surface area contributed by atoms with Crippen molar-refractivity contribution in [2.75, 3.05) is 26.2 Å². The van der Waals surface area contributed by atoms with E-state index in [-0.39, 0.29) is 17.6 Å². The van der Waals surface area contributed by atoms with Gasteiger partial charge in [-0.05, 0) is 17.7 Å². The average molecular weight is 358 g/mol. The summed E-state index contributed by atoms with van der Waals surface area (Å²) in [4.78, 5) is 20.9. The molecule has 1 amide bonds. The number of hydrogen-bond donors (Lipinski definition) is 1. The van der Waals surface area contributed by atoms with Crippen molar-refractivity contribution in [2.24, 2.45) is 0 Å². The largest absolute Gasteiger partial charge is 0.508 e. The highest BCUT2D eigenvalue weighted by atomic mass is 16.5. The number of aryl methyl sites for hydroxylation is 1. The lowest BCUT2D eigenvalue weighted by Crippen LogP contribution is -2.48. The highest BCUT2D eigenvalue weighted by Gasteiger charge is 2.21. The molecule has 0 unspecified atom stereocenters. The first-order chi connectivity index (χ1) is 12.5. The van der Waals surface area contributed by atoms with Crippen LogP contribution in [0.4, 0.5) is 0 Å². The number of carbonyl (C=O) groups excluding carboxylic acids is 1. The van der Waals surface area contributed by atoms with Gasteiger partial charge >= 0.3 is 0 Å². The van der Waals surface area contributed by atoms with E-state index in [1.807, 2.05) is 30.9 Å². The van der Waals surface area contributed by atoms with Crippen LogP contribution in [0.25, 0.3) is 0 Å². The molecule has 1 fully saturated rings. The SMILES string of the molecule is CC(C)c1noc(CCC(=O)N2CCN(Cc3cccc(O)c3)CC2)n1. The second-order valence-corrected chi connectivity index (χ2v) is 7.03. The van der Waals surface area contributed by atoms with Gasteiger partial charge in [-0.25, -0.2) is 0 Å². The summed E-state index contributed by atoms with van der Waals surface area (Å²) < 4.78 is 5.20. The predicted molar refractivity (Wildman–Crippen MR) is 96.7 cm³/mol. The molecule has 1 aromatic heterocycles. The van der Waals surface area contributed by atoms with E-state index in [0.717, 1.165) is 38.3 Å². The number of hydrogen-bond acceptors (Lipinski definition) is 6. The van der Waals surface area contributed by atoms with Crippen LogP contribution in [0.15, 0.2) is 28.8 Å². The van der Waals surface area contributed by atoms with Crippen molar-refractivity contribution in [1.29, 1.82) is 0 Å². The number of nitrogens with zero attached hydrogens (tertiary/aromatic N) is 4. The summed E-state index contributed by atoms with van der Waals surface area (Å²) in [5.74, 6) is 1.87. The van der Waals surface area contributed by atoms with E-state index >= 15 is 0 Å². The van der Waals surface area contributed by atoms with Gasteiger partial charge in [-0.15, -0.1) is 0 Å². The van der Waals surface area contributed by atoms with Crippen molar-refractivity contribution in [3.8, 4) is 5.75 Å². The maximum Gasteiger partial charge on any atom is 0.227 e. The third kappa shape index (κ3) is 4.82. The Morgan fingerprint density at radius 1 is 1.27 bits per heavy atom. The monoisotopic (exact) mass is 358 g/mol. The van der Waals surface area contributed by atoms with Crippen LogP contribution in [-0.2, 0) is 17.8 Å². The fourth-order valence-corrected chi connectivity index (χ4v) is 3.04. The first kappa shape index (κ1) is 18.4. The van der Waals surface area contributed by atoms with Crippen molar-refractivity contribution in [3.05, 3.63) is 41.5 Å². The van der Waals surface area contributed by atoms with Gasteiger partial charge in [0.15, 0.2) is 5.82 Å². The molecular formula is C19H26N4O3. The number of phenols is 1. The zero-order valence-electron chi connectivity index (χ0n) is 15.4. The number of carbonyl (C=O) groups is 1. The molecule has 0 saturated carbocycles. The summed E-state index contributed by atoms with van der Waals surface area (Å²) in [7, 11) is 0. The summed E-state index contributed by atoms with van der Waals surface area (Å²) in [5, 5.41) is 13.5. The smallest absolute Gasteiger partial charge is 0.227 e. The number of piperazine rings is 1. The maximum absolute atomic E-state index is 12.4. The lowest BCUT2D eigenvalue weighted by molar-refractivity contribution is -0.133. The number of phenolic OH excluding ortho intramolecular Hbond substituents is 1. The minimum absolute atomic E-state index is 0.131. The summed E-state index contributed by atoms with van der Waals surface area (Å²) in [6.45, 7) is 7.92. The van der Waals surface area contributed by atoms with E-state index in [4.69, 9.17) is 4.52 Å². The maximum atomic E-state index is 12.4. The molecule has 2 heterocycles. The van der Waals surface area contributed by atoms with Crippen LogP contribution in [0.1, 0.15) is 43.5 Å². The van der Waals surface area contributed by atoms with Crippen LogP contribution in [0, 0.1) is 0 Å². The lowest BCUT2D eigenvalue weighted by atomic mass is 10.2.